The standard InChI is InChI=1S/C26H38BFN2O5/c1-7-21(10-11-28)30(16-24(31)20(14-17(2)3)15-18(4)5)29-26(32)22-8-9-23-25(19(22)6)34-12-13-35-27(23)33/h8-9,14-15,21,24,31,33H,2,7,10-13,16H2,1,3-6H3,(H,29,32)/b20-14+. The molecule has 0 saturated heterocycles. The Kier molecular flexibility index (Phi) is 11.2. The number of aliphatic hydroxyl groups excluding tert-OH is 1. The molecule has 1 heterocycles. The first-order chi connectivity index (χ1) is 16.6. The molecule has 2 unspecified atom stereocenters. The van der Waals surface area contributed by atoms with Gasteiger partial charge in [-0.1, -0.05) is 42.9 Å². The topological polar surface area (TPSA) is 91.3 Å². The number of aliphatic hydroxyl groups is 1. The number of halogens is 1. The molecule has 192 valence electrons. The number of alkyl halides is 1. The first kappa shape index (κ1) is 28.8. The van der Waals surface area contributed by atoms with Crippen molar-refractivity contribution in [3.63, 3.8) is 0 Å². The van der Waals surface area contributed by atoms with Crippen molar-refractivity contribution in [2.45, 2.75) is 59.6 Å². The van der Waals surface area contributed by atoms with E-state index in [1.54, 1.807) is 30.1 Å². The van der Waals surface area contributed by atoms with E-state index in [0.717, 1.165) is 11.1 Å². The Morgan fingerprint density at radius 3 is 2.63 bits per heavy atom. The van der Waals surface area contributed by atoms with Crippen LogP contribution in [0.2, 0.25) is 0 Å². The predicted octanol–water partition coefficient (Wildman–Crippen LogP) is 3.01. The molecule has 0 aromatic heterocycles. The largest absolute Gasteiger partial charge is 0.495 e. The Morgan fingerprint density at radius 1 is 1.31 bits per heavy atom. The van der Waals surface area contributed by atoms with Crippen LogP contribution in [0.3, 0.4) is 0 Å². The fourth-order valence-corrected chi connectivity index (χ4v) is 4.06. The van der Waals surface area contributed by atoms with Gasteiger partial charge >= 0.3 is 7.12 Å². The molecule has 0 bridgehead atoms. The maximum absolute atomic E-state index is 13.3. The zero-order valence-electron chi connectivity index (χ0n) is 21.4. The van der Waals surface area contributed by atoms with Crippen molar-refractivity contribution in [1.29, 1.82) is 0 Å². The van der Waals surface area contributed by atoms with Crippen LogP contribution < -0.4 is 15.6 Å². The van der Waals surface area contributed by atoms with E-state index in [2.05, 4.69) is 12.0 Å². The summed E-state index contributed by atoms with van der Waals surface area (Å²) in [5, 5.41) is 22.8. The highest BCUT2D eigenvalue weighted by molar-refractivity contribution is 6.61. The number of amides is 1. The summed E-state index contributed by atoms with van der Waals surface area (Å²) in [5.74, 6) is 0.00554. The monoisotopic (exact) mass is 488 g/mol. The van der Waals surface area contributed by atoms with Gasteiger partial charge in [0.2, 0.25) is 0 Å². The summed E-state index contributed by atoms with van der Waals surface area (Å²) in [6.07, 6.45) is 3.53. The first-order valence-corrected chi connectivity index (χ1v) is 12.0. The fourth-order valence-electron chi connectivity index (χ4n) is 4.06. The zero-order valence-corrected chi connectivity index (χ0v) is 21.4. The smallest absolute Gasteiger partial charge is 0.491 e. The third-order valence-electron chi connectivity index (χ3n) is 5.77. The summed E-state index contributed by atoms with van der Waals surface area (Å²) in [6, 6.07) is 2.89. The second kappa shape index (κ2) is 13.6. The molecule has 1 aliphatic heterocycles. The van der Waals surface area contributed by atoms with Crippen LogP contribution in [0.5, 0.6) is 5.75 Å². The molecule has 35 heavy (non-hydrogen) atoms. The van der Waals surface area contributed by atoms with Crippen LogP contribution in [0.25, 0.3) is 0 Å². The van der Waals surface area contributed by atoms with Gasteiger partial charge in [-0.15, -0.1) is 0 Å². The normalized spacial score (nSPS) is 15.6. The number of rotatable bonds is 11. The Balaban J connectivity index is 2.35. The number of allylic oxidation sites excluding steroid dienone is 3. The van der Waals surface area contributed by atoms with Gasteiger partial charge in [0.1, 0.15) is 12.4 Å². The van der Waals surface area contributed by atoms with E-state index in [1.807, 2.05) is 33.8 Å². The van der Waals surface area contributed by atoms with Gasteiger partial charge in [0.25, 0.3) is 5.91 Å². The molecule has 2 rings (SSSR count). The highest BCUT2D eigenvalue weighted by atomic mass is 19.1. The molecule has 1 aliphatic rings. The molecular weight excluding hydrogens is 450 g/mol. The lowest BCUT2D eigenvalue weighted by Crippen LogP contribution is -2.52. The number of nitrogens with one attached hydrogen (secondary N) is 1. The molecular formula is C26H38BFN2O5. The van der Waals surface area contributed by atoms with E-state index in [4.69, 9.17) is 9.39 Å². The van der Waals surface area contributed by atoms with E-state index >= 15 is 0 Å². The van der Waals surface area contributed by atoms with Crippen molar-refractivity contribution >= 4 is 18.5 Å². The molecule has 0 radical (unpaired) electrons. The third-order valence-corrected chi connectivity index (χ3v) is 5.77. The second-order valence-corrected chi connectivity index (χ2v) is 9.09. The van der Waals surface area contributed by atoms with Gasteiger partial charge in [-0.2, -0.15) is 0 Å². The lowest BCUT2D eigenvalue weighted by Gasteiger charge is -2.33. The number of hydrogen-bond donors (Lipinski definition) is 3. The van der Waals surface area contributed by atoms with Gasteiger partial charge < -0.3 is 19.5 Å². The van der Waals surface area contributed by atoms with Crippen molar-refractivity contribution in [3.8, 4) is 5.75 Å². The number of nitrogens with zero attached hydrogens (tertiary/aromatic N) is 1. The van der Waals surface area contributed by atoms with Crippen molar-refractivity contribution in [2.24, 2.45) is 0 Å². The molecule has 9 heteroatoms. The Labute approximate surface area is 208 Å². The third kappa shape index (κ3) is 8.03. The van der Waals surface area contributed by atoms with E-state index < -0.39 is 25.8 Å². The number of benzene rings is 1. The molecule has 7 nitrogen and oxygen atoms in total. The van der Waals surface area contributed by atoms with Gasteiger partial charge in [-0.05, 0) is 52.2 Å². The zero-order chi connectivity index (χ0) is 26.1. The number of fused-ring (bicyclic) bond motifs is 1. The quantitative estimate of drug-likeness (QED) is 0.252. The number of hydrogen-bond acceptors (Lipinski definition) is 6. The first-order valence-electron chi connectivity index (χ1n) is 12.0. The van der Waals surface area contributed by atoms with Crippen LogP contribution in [0.4, 0.5) is 4.39 Å². The number of ether oxygens (including phenoxy) is 1. The minimum absolute atomic E-state index is 0.0696. The molecule has 0 spiro atoms. The van der Waals surface area contributed by atoms with Gasteiger partial charge in [-0.25, -0.2) is 5.01 Å². The van der Waals surface area contributed by atoms with Crippen LogP contribution in [-0.2, 0) is 4.65 Å². The van der Waals surface area contributed by atoms with E-state index in [9.17, 15) is 19.3 Å². The van der Waals surface area contributed by atoms with Crippen molar-refractivity contribution in [2.75, 3.05) is 26.4 Å². The minimum Gasteiger partial charge on any atom is -0.491 e. The summed E-state index contributed by atoms with van der Waals surface area (Å²) in [5.41, 5.74) is 6.73. The van der Waals surface area contributed by atoms with Crippen molar-refractivity contribution in [1.82, 2.24) is 10.4 Å². The number of carbonyl (C=O) groups excluding carboxylic acids is 1. The maximum Gasteiger partial charge on any atom is 0.495 e. The number of carbonyl (C=O) groups is 1. The highest BCUT2D eigenvalue weighted by Crippen LogP contribution is 2.23. The fraction of sp³-hybridized carbons (Fsp3) is 0.500. The molecule has 0 fully saturated rings. The predicted molar refractivity (Wildman–Crippen MR) is 137 cm³/mol. The van der Waals surface area contributed by atoms with Gasteiger partial charge in [0.15, 0.2) is 0 Å². The average Bonchev–Trinajstić information content (AvgIpc) is 2.98. The molecule has 3 N–H and O–H groups in total. The summed E-state index contributed by atoms with van der Waals surface area (Å²) >= 11 is 0. The summed E-state index contributed by atoms with van der Waals surface area (Å²) in [6.45, 7) is 13.3. The van der Waals surface area contributed by atoms with Crippen LogP contribution in [0, 0.1) is 6.92 Å². The average molecular weight is 488 g/mol. The van der Waals surface area contributed by atoms with E-state index in [1.165, 1.54) is 0 Å². The molecule has 2 atom stereocenters. The molecule has 1 amide bonds. The highest BCUT2D eigenvalue weighted by Gasteiger charge is 2.29. The molecule has 1 aromatic carbocycles. The lowest BCUT2D eigenvalue weighted by atomic mass is 9.77. The van der Waals surface area contributed by atoms with Gasteiger partial charge in [-0.3, -0.25) is 14.6 Å². The maximum atomic E-state index is 13.3. The van der Waals surface area contributed by atoms with Crippen LogP contribution in [-0.4, -0.2) is 66.7 Å². The summed E-state index contributed by atoms with van der Waals surface area (Å²) in [7, 11) is -1.13. The van der Waals surface area contributed by atoms with E-state index in [0.29, 0.717) is 34.3 Å². The summed E-state index contributed by atoms with van der Waals surface area (Å²) in [4.78, 5) is 13.3. The van der Waals surface area contributed by atoms with Crippen molar-refractivity contribution < 1.29 is 28.7 Å². The Morgan fingerprint density at radius 2 is 2.03 bits per heavy atom. The summed E-state index contributed by atoms with van der Waals surface area (Å²) < 4.78 is 24.3. The van der Waals surface area contributed by atoms with E-state index in [-0.39, 0.29) is 32.2 Å². The molecule has 1 aromatic rings. The molecule has 0 aliphatic carbocycles. The molecule has 0 saturated carbocycles. The van der Waals surface area contributed by atoms with Gasteiger partial charge in [0.05, 0.1) is 19.4 Å². The van der Waals surface area contributed by atoms with Gasteiger partial charge in [0, 0.05) is 29.2 Å². The second-order valence-electron chi connectivity index (χ2n) is 9.09. The van der Waals surface area contributed by atoms with Crippen LogP contribution in [0.15, 0.2) is 47.6 Å². The SMILES string of the molecule is C=C(C)/C=C(\C=C(C)C)C(O)CN(NC(=O)c1ccc2c(c1C)OCCOB2O)C(CC)CCF. The van der Waals surface area contributed by atoms with Crippen LogP contribution in [0.1, 0.15) is 56.5 Å². The minimum atomic E-state index is -1.13. The Bertz CT molecular complexity index is 961. The van der Waals surface area contributed by atoms with Crippen molar-refractivity contribution in [3.05, 3.63) is 58.7 Å². The van der Waals surface area contributed by atoms with Crippen LogP contribution >= 0.6 is 0 Å². The lowest BCUT2D eigenvalue weighted by molar-refractivity contribution is 0.0450. The number of hydrazine groups is 1. The Hall–Kier alpha value is -2.46.